The Labute approximate surface area is 163 Å². The van der Waals surface area contributed by atoms with Crippen molar-refractivity contribution in [3.8, 4) is 5.75 Å². The number of aromatic carboxylic acids is 1. The van der Waals surface area contributed by atoms with E-state index in [1.807, 2.05) is 38.1 Å². The minimum absolute atomic E-state index is 0.0566. The molecule has 1 aromatic heterocycles. The smallest absolute Gasteiger partial charge is 0.335 e. The molecule has 3 rings (SSSR count). The van der Waals surface area contributed by atoms with E-state index in [1.165, 1.54) is 12.1 Å². The Morgan fingerprint density at radius 3 is 2.29 bits per heavy atom. The van der Waals surface area contributed by atoms with Crippen LogP contribution in [0.5, 0.6) is 5.75 Å². The highest BCUT2D eigenvalue weighted by Gasteiger charge is 2.09. The summed E-state index contributed by atoms with van der Waals surface area (Å²) in [6, 6.07) is 15.9. The van der Waals surface area contributed by atoms with Gasteiger partial charge in [-0.25, -0.2) is 14.8 Å². The molecule has 0 amide bonds. The van der Waals surface area contributed by atoms with Crippen molar-refractivity contribution in [2.75, 3.05) is 10.6 Å². The number of rotatable bonds is 7. The van der Waals surface area contributed by atoms with E-state index in [-0.39, 0.29) is 11.7 Å². The Hall–Kier alpha value is -3.61. The third-order valence-electron chi connectivity index (χ3n) is 3.75. The van der Waals surface area contributed by atoms with Crippen LogP contribution < -0.4 is 15.4 Å². The first-order chi connectivity index (χ1) is 13.4. The van der Waals surface area contributed by atoms with E-state index in [9.17, 15) is 4.79 Å². The summed E-state index contributed by atoms with van der Waals surface area (Å²) in [5, 5.41) is 15.4. The maximum absolute atomic E-state index is 11.0. The molecule has 28 heavy (non-hydrogen) atoms. The van der Waals surface area contributed by atoms with E-state index >= 15 is 0 Å². The Morgan fingerprint density at radius 1 is 1.00 bits per heavy atom. The molecule has 0 aliphatic carbocycles. The van der Waals surface area contributed by atoms with Gasteiger partial charge in [-0.15, -0.1) is 0 Å². The first-order valence-corrected chi connectivity index (χ1v) is 8.89. The van der Waals surface area contributed by atoms with Crippen LogP contribution in [-0.2, 0) is 0 Å². The van der Waals surface area contributed by atoms with Gasteiger partial charge in [0.2, 0.25) is 0 Å². The summed E-state index contributed by atoms with van der Waals surface area (Å²) in [4.78, 5) is 19.8. The number of aromatic nitrogens is 2. The normalized spacial score (nSPS) is 10.6. The Kier molecular flexibility index (Phi) is 5.74. The molecule has 0 atom stereocenters. The van der Waals surface area contributed by atoms with Crippen LogP contribution in [0.1, 0.15) is 30.0 Å². The molecule has 2 aromatic carbocycles. The van der Waals surface area contributed by atoms with Crippen LogP contribution in [-0.4, -0.2) is 27.1 Å². The van der Waals surface area contributed by atoms with Gasteiger partial charge in [-0.3, -0.25) is 0 Å². The molecule has 0 bridgehead atoms. The molecule has 0 radical (unpaired) electrons. The molecule has 0 fully saturated rings. The number of hydrogen-bond acceptors (Lipinski definition) is 6. The zero-order valence-electron chi connectivity index (χ0n) is 15.9. The number of para-hydroxylation sites is 2. The predicted molar refractivity (Wildman–Crippen MR) is 109 cm³/mol. The number of anilines is 4. The Bertz CT molecular complexity index is 972. The van der Waals surface area contributed by atoms with Crippen LogP contribution in [0.3, 0.4) is 0 Å². The van der Waals surface area contributed by atoms with Crippen LogP contribution in [0.2, 0.25) is 0 Å². The molecular formula is C21H22N4O3. The predicted octanol–water partition coefficient (Wildman–Crippen LogP) is 4.76. The first-order valence-electron chi connectivity index (χ1n) is 8.89. The minimum atomic E-state index is -0.960. The van der Waals surface area contributed by atoms with Crippen molar-refractivity contribution in [3.05, 3.63) is 66.0 Å². The summed E-state index contributed by atoms with van der Waals surface area (Å²) in [6.07, 6.45) is 0.0566. The number of nitrogens with zero attached hydrogens (tertiary/aromatic N) is 2. The fourth-order valence-electron chi connectivity index (χ4n) is 2.60. The van der Waals surface area contributed by atoms with Crippen LogP contribution >= 0.6 is 0 Å². The van der Waals surface area contributed by atoms with Gasteiger partial charge < -0.3 is 20.5 Å². The molecule has 0 spiro atoms. The average molecular weight is 378 g/mol. The number of hydrogen-bond donors (Lipinski definition) is 3. The van der Waals surface area contributed by atoms with Crippen LogP contribution in [0, 0.1) is 6.92 Å². The highest BCUT2D eigenvalue weighted by molar-refractivity contribution is 5.88. The second-order valence-electron chi connectivity index (χ2n) is 6.48. The standard InChI is InChI=1S/C21H22N4O3/c1-13(2)28-18-7-5-4-6-17(18)25-20-12-19(22-14(3)23-20)24-16-10-8-15(9-11-16)21(26)27/h4-13H,1-3H3,(H,26,27)(H2,22,23,24,25). The van der Waals surface area contributed by atoms with Crippen molar-refractivity contribution in [2.24, 2.45) is 0 Å². The zero-order chi connectivity index (χ0) is 20.1. The molecular weight excluding hydrogens is 356 g/mol. The molecule has 0 saturated carbocycles. The van der Waals surface area contributed by atoms with Crippen molar-refractivity contribution < 1.29 is 14.6 Å². The largest absolute Gasteiger partial charge is 0.489 e. The Balaban J connectivity index is 1.81. The van der Waals surface area contributed by atoms with Gasteiger partial charge in [-0.2, -0.15) is 0 Å². The van der Waals surface area contributed by atoms with Crippen molar-refractivity contribution in [3.63, 3.8) is 0 Å². The van der Waals surface area contributed by atoms with Gasteiger partial charge in [0.15, 0.2) is 0 Å². The lowest BCUT2D eigenvalue weighted by Crippen LogP contribution is -2.08. The van der Waals surface area contributed by atoms with Crippen molar-refractivity contribution in [2.45, 2.75) is 26.9 Å². The molecule has 1 heterocycles. The van der Waals surface area contributed by atoms with E-state index in [1.54, 1.807) is 25.1 Å². The van der Waals surface area contributed by atoms with E-state index in [4.69, 9.17) is 9.84 Å². The third-order valence-corrected chi connectivity index (χ3v) is 3.75. The zero-order valence-corrected chi connectivity index (χ0v) is 15.9. The number of ether oxygens (including phenoxy) is 1. The lowest BCUT2D eigenvalue weighted by atomic mass is 10.2. The summed E-state index contributed by atoms with van der Waals surface area (Å²) in [5.74, 6) is 1.60. The van der Waals surface area contributed by atoms with Gasteiger partial charge in [-0.05, 0) is 57.2 Å². The van der Waals surface area contributed by atoms with E-state index < -0.39 is 5.97 Å². The third kappa shape index (κ3) is 4.97. The number of aryl methyl sites for hydroxylation is 1. The van der Waals surface area contributed by atoms with E-state index in [0.717, 1.165) is 17.1 Å². The highest BCUT2D eigenvalue weighted by atomic mass is 16.5. The fraction of sp³-hybridized carbons (Fsp3) is 0.190. The van der Waals surface area contributed by atoms with Crippen LogP contribution in [0.15, 0.2) is 54.6 Å². The maximum Gasteiger partial charge on any atom is 0.335 e. The number of benzene rings is 2. The van der Waals surface area contributed by atoms with Gasteiger partial charge in [-0.1, -0.05) is 12.1 Å². The SMILES string of the molecule is Cc1nc(Nc2ccc(C(=O)O)cc2)cc(Nc2ccccc2OC(C)C)n1. The summed E-state index contributed by atoms with van der Waals surface area (Å²) in [5.41, 5.74) is 1.78. The molecule has 0 unspecified atom stereocenters. The lowest BCUT2D eigenvalue weighted by molar-refractivity contribution is 0.0697. The molecule has 0 saturated heterocycles. The molecule has 144 valence electrons. The molecule has 0 aliphatic rings. The monoisotopic (exact) mass is 378 g/mol. The Morgan fingerprint density at radius 2 is 1.64 bits per heavy atom. The second-order valence-corrected chi connectivity index (χ2v) is 6.48. The lowest BCUT2D eigenvalue weighted by Gasteiger charge is -2.16. The number of carboxylic acid groups (broad SMARTS) is 1. The second kappa shape index (κ2) is 8.39. The van der Waals surface area contributed by atoms with E-state index in [2.05, 4.69) is 20.6 Å². The maximum atomic E-state index is 11.0. The number of carboxylic acids is 1. The average Bonchev–Trinajstić information content (AvgIpc) is 2.63. The first kappa shape index (κ1) is 19.2. The fourth-order valence-corrected chi connectivity index (χ4v) is 2.60. The quantitative estimate of drug-likeness (QED) is 0.545. The van der Waals surface area contributed by atoms with Gasteiger partial charge in [0.05, 0.1) is 17.4 Å². The summed E-state index contributed by atoms with van der Waals surface area (Å²) in [6.45, 7) is 5.76. The summed E-state index contributed by atoms with van der Waals surface area (Å²) < 4.78 is 5.83. The van der Waals surface area contributed by atoms with Gasteiger partial charge >= 0.3 is 5.97 Å². The van der Waals surface area contributed by atoms with Crippen LogP contribution in [0.25, 0.3) is 0 Å². The van der Waals surface area contributed by atoms with Gasteiger partial charge in [0.1, 0.15) is 23.2 Å². The molecule has 0 aliphatic heterocycles. The van der Waals surface area contributed by atoms with Gasteiger partial charge in [0.25, 0.3) is 0 Å². The van der Waals surface area contributed by atoms with Crippen LogP contribution in [0.4, 0.5) is 23.0 Å². The molecule has 3 N–H and O–H groups in total. The summed E-state index contributed by atoms with van der Waals surface area (Å²) >= 11 is 0. The van der Waals surface area contributed by atoms with Gasteiger partial charge in [0, 0.05) is 11.8 Å². The highest BCUT2D eigenvalue weighted by Crippen LogP contribution is 2.28. The van der Waals surface area contributed by atoms with Crippen molar-refractivity contribution >= 4 is 29.0 Å². The topological polar surface area (TPSA) is 96.4 Å². The number of nitrogens with one attached hydrogen (secondary N) is 2. The molecule has 7 heteroatoms. The molecule has 3 aromatic rings. The summed E-state index contributed by atoms with van der Waals surface area (Å²) in [7, 11) is 0. The van der Waals surface area contributed by atoms with Crippen molar-refractivity contribution in [1.29, 1.82) is 0 Å². The minimum Gasteiger partial charge on any atom is -0.489 e. The number of carbonyl (C=O) groups is 1. The van der Waals surface area contributed by atoms with Crippen molar-refractivity contribution in [1.82, 2.24) is 9.97 Å². The molecule has 7 nitrogen and oxygen atoms in total. The van der Waals surface area contributed by atoms with E-state index in [0.29, 0.717) is 17.5 Å².